The van der Waals surface area contributed by atoms with Crippen LogP contribution in [0, 0.1) is 5.92 Å². The maximum Gasteiger partial charge on any atom is 0.251 e. The molecule has 1 atom stereocenters. The Bertz CT molecular complexity index is 940. The van der Waals surface area contributed by atoms with Crippen molar-refractivity contribution < 1.29 is 9.59 Å². The number of carbonyl (C=O) groups excluding carboxylic acids is 2. The molecule has 1 heterocycles. The summed E-state index contributed by atoms with van der Waals surface area (Å²) in [5, 5.41) is 6.70. The van der Waals surface area contributed by atoms with E-state index >= 15 is 0 Å². The first-order valence-electron chi connectivity index (χ1n) is 8.17. The highest BCUT2D eigenvalue weighted by molar-refractivity contribution is 7.22. The first-order chi connectivity index (χ1) is 12.4. The standard InChI is InChI=1S/C19H18ClN3O2S/c1-11(2)16(22-17(24)12-6-4-3-5-7-12)18(25)23-19-21-14-9-8-13(20)10-15(14)26-19/h3-11,16H,1-2H3,(H,22,24)(H,21,23,25). The Morgan fingerprint density at radius 3 is 2.54 bits per heavy atom. The van der Waals surface area contributed by atoms with E-state index < -0.39 is 6.04 Å². The Labute approximate surface area is 160 Å². The second-order valence-electron chi connectivity index (χ2n) is 6.18. The molecule has 0 saturated heterocycles. The van der Waals surface area contributed by atoms with E-state index in [1.807, 2.05) is 19.9 Å². The minimum Gasteiger partial charge on any atom is -0.340 e. The zero-order chi connectivity index (χ0) is 18.7. The van der Waals surface area contributed by atoms with Crippen molar-refractivity contribution in [1.29, 1.82) is 0 Å². The Morgan fingerprint density at radius 1 is 1.12 bits per heavy atom. The molecule has 1 unspecified atom stereocenters. The topological polar surface area (TPSA) is 71.1 Å². The molecule has 0 aliphatic rings. The summed E-state index contributed by atoms with van der Waals surface area (Å²) in [6.07, 6.45) is 0. The average Bonchev–Trinajstić information content (AvgIpc) is 3.01. The van der Waals surface area contributed by atoms with Crippen molar-refractivity contribution in [1.82, 2.24) is 10.3 Å². The van der Waals surface area contributed by atoms with Gasteiger partial charge in [0.1, 0.15) is 6.04 Å². The van der Waals surface area contributed by atoms with Gasteiger partial charge in [-0.15, -0.1) is 0 Å². The van der Waals surface area contributed by atoms with Crippen LogP contribution >= 0.6 is 22.9 Å². The van der Waals surface area contributed by atoms with E-state index in [0.29, 0.717) is 15.7 Å². The zero-order valence-electron chi connectivity index (χ0n) is 14.3. The van der Waals surface area contributed by atoms with E-state index in [1.54, 1.807) is 42.5 Å². The molecule has 3 rings (SSSR count). The number of thiazole rings is 1. The van der Waals surface area contributed by atoms with E-state index in [2.05, 4.69) is 15.6 Å². The van der Waals surface area contributed by atoms with Crippen LogP contribution in [0.15, 0.2) is 48.5 Å². The largest absolute Gasteiger partial charge is 0.340 e. The number of benzene rings is 2. The lowest BCUT2D eigenvalue weighted by molar-refractivity contribution is -0.118. The van der Waals surface area contributed by atoms with E-state index in [9.17, 15) is 9.59 Å². The number of nitrogens with one attached hydrogen (secondary N) is 2. The molecule has 0 bridgehead atoms. The molecule has 0 radical (unpaired) electrons. The molecule has 0 saturated carbocycles. The molecule has 2 amide bonds. The molecule has 3 aromatic rings. The fourth-order valence-corrected chi connectivity index (χ4v) is 3.63. The average molecular weight is 388 g/mol. The number of amides is 2. The van der Waals surface area contributed by atoms with Gasteiger partial charge in [0.2, 0.25) is 5.91 Å². The first-order valence-corrected chi connectivity index (χ1v) is 9.36. The number of nitrogens with zero attached hydrogens (tertiary/aromatic N) is 1. The normalized spacial score (nSPS) is 12.2. The van der Waals surface area contributed by atoms with Crippen molar-refractivity contribution in [3.63, 3.8) is 0 Å². The summed E-state index contributed by atoms with van der Waals surface area (Å²) in [5.74, 6) is -0.656. The molecule has 26 heavy (non-hydrogen) atoms. The summed E-state index contributed by atoms with van der Waals surface area (Å²) in [5.41, 5.74) is 1.28. The van der Waals surface area contributed by atoms with Crippen molar-refractivity contribution in [2.75, 3.05) is 5.32 Å². The van der Waals surface area contributed by atoms with Crippen LogP contribution in [0.25, 0.3) is 10.2 Å². The van der Waals surface area contributed by atoms with Crippen LogP contribution in [0.3, 0.4) is 0 Å². The highest BCUT2D eigenvalue weighted by Gasteiger charge is 2.25. The van der Waals surface area contributed by atoms with Gasteiger partial charge in [-0.2, -0.15) is 0 Å². The van der Waals surface area contributed by atoms with E-state index in [1.165, 1.54) is 11.3 Å². The second-order valence-corrected chi connectivity index (χ2v) is 7.65. The minimum atomic E-state index is -0.668. The summed E-state index contributed by atoms with van der Waals surface area (Å²) < 4.78 is 0.891. The van der Waals surface area contributed by atoms with Crippen LogP contribution in [0.5, 0.6) is 0 Å². The third kappa shape index (κ3) is 4.20. The smallest absolute Gasteiger partial charge is 0.251 e. The fraction of sp³-hybridized carbons (Fsp3) is 0.211. The van der Waals surface area contributed by atoms with Crippen molar-refractivity contribution >= 4 is 50.1 Å². The number of anilines is 1. The van der Waals surface area contributed by atoms with E-state index in [-0.39, 0.29) is 17.7 Å². The van der Waals surface area contributed by atoms with Gasteiger partial charge in [0, 0.05) is 10.6 Å². The van der Waals surface area contributed by atoms with Gasteiger partial charge < -0.3 is 10.6 Å². The molecule has 5 nitrogen and oxygen atoms in total. The molecule has 0 aliphatic carbocycles. The van der Waals surface area contributed by atoms with Crippen molar-refractivity contribution in [3.05, 3.63) is 59.1 Å². The maximum atomic E-state index is 12.7. The van der Waals surface area contributed by atoms with Crippen LogP contribution in [0.2, 0.25) is 5.02 Å². The lowest BCUT2D eigenvalue weighted by Gasteiger charge is -2.21. The van der Waals surface area contributed by atoms with E-state index in [4.69, 9.17) is 11.6 Å². The molecule has 0 fully saturated rings. The van der Waals surface area contributed by atoms with Crippen LogP contribution < -0.4 is 10.6 Å². The number of carbonyl (C=O) groups is 2. The Balaban J connectivity index is 1.74. The fourth-order valence-electron chi connectivity index (χ4n) is 2.48. The Kier molecular flexibility index (Phi) is 5.54. The molecule has 0 aliphatic heterocycles. The maximum absolute atomic E-state index is 12.7. The molecule has 134 valence electrons. The van der Waals surface area contributed by atoms with Gasteiger partial charge in [-0.3, -0.25) is 9.59 Å². The predicted octanol–water partition coefficient (Wildman–Crippen LogP) is 4.34. The SMILES string of the molecule is CC(C)C(NC(=O)c1ccccc1)C(=O)Nc1nc2ccc(Cl)cc2s1. The van der Waals surface area contributed by atoms with Gasteiger partial charge in [-0.05, 0) is 36.2 Å². The molecular formula is C19H18ClN3O2S. The monoisotopic (exact) mass is 387 g/mol. The quantitative estimate of drug-likeness (QED) is 0.684. The van der Waals surface area contributed by atoms with Gasteiger partial charge in [-0.1, -0.05) is 55.0 Å². The van der Waals surface area contributed by atoms with Crippen LogP contribution in [0.1, 0.15) is 24.2 Å². The van der Waals surface area contributed by atoms with Crippen LogP contribution in [-0.2, 0) is 4.79 Å². The molecule has 1 aromatic heterocycles. The first kappa shape index (κ1) is 18.4. The third-order valence-corrected chi connectivity index (χ3v) is 5.02. The summed E-state index contributed by atoms with van der Waals surface area (Å²) >= 11 is 7.33. The molecule has 2 aromatic carbocycles. The number of halogens is 1. The van der Waals surface area contributed by atoms with E-state index in [0.717, 1.165) is 10.2 Å². The number of hydrogen-bond acceptors (Lipinski definition) is 4. The molecule has 0 spiro atoms. The molecule has 7 heteroatoms. The third-order valence-electron chi connectivity index (χ3n) is 3.85. The lowest BCUT2D eigenvalue weighted by Crippen LogP contribution is -2.47. The zero-order valence-corrected chi connectivity index (χ0v) is 15.9. The second kappa shape index (κ2) is 7.85. The molecular weight excluding hydrogens is 370 g/mol. The predicted molar refractivity (Wildman–Crippen MR) is 106 cm³/mol. The number of rotatable bonds is 5. The van der Waals surface area contributed by atoms with Gasteiger partial charge in [0.15, 0.2) is 5.13 Å². The summed E-state index contributed by atoms with van der Waals surface area (Å²) in [7, 11) is 0. The van der Waals surface area contributed by atoms with Gasteiger partial charge in [-0.25, -0.2) is 4.98 Å². The lowest BCUT2D eigenvalue weighted by atomic mass is 10.0. The minimum absolute atomic E-state index is 0.0773. The Hall–Kier alpha value is -2.44. The molecule has 2 N–H and O–H groups in total. The summed E-state index contributed by atoms with van der Waals surface area (Å²) in [4.78, 5) is 29.4. The summed E-state index contributed by atoms with van der Waals surface area (Å²) in [6.45, 7) is 3.77. The highest BCUT2D eigenvalue weighted by Crippen LogP contribution is 2.28. The van der Waals surface area contributed by atoms with Gasteiger partial charge >= 0.3 is 0 Å². The Morgan fingerprint density at radius 2 is 1.85 bits per heavy atom. The number of fused-ring (bicyclic) bond motifs is 1. The highest BCUT2D eigenvalue weighted by atomic mass is 35.5. The number of aromatic nitrogens is 1. The van der Waals surface area contributed by atoms with Crippen molar-refractivity contribution in [2.45, 2.75) is 19.9 Å². The van der Waals surface area contributed by atoms with Crippen molar-refractivity contribution in [2.24, 2.45) is 5.92 Å². The summed E-state index contributed by atoms with van der Waals surface area (Å²) in [6, 6.07) is 13.5. The van der Waals surface area contributed by atoms with Gasteiger partial charge in [0.05, 0.1) is 10.2 Å². The van der Waals surface area contributed by atoms with Crippen LogP contribution in [-0.4, -0.2) is 22.8 Å². The van der Waals surface area contributed by atoms with Crippen LogP contribution in [0.4, 0.5) is 5.13 Å². The van der Waals surface area contributed by atoms with Gasteiger partial charge in [0.25, 0.3) is 5.91 Å². The number of hydrogen-bond donors (Lipinski definition) is 2. The van der Waals surface area contributed by atoms with Crippen molar-refractivity contribution in [3.8, 4) is 0 Å².